The quantitative estimate of drug-likeness (QED) is 0.327. The van der Waals surface area contributed by atoms with Crippen molar-refractivity contribution >= 4 is 46.5 Å². The van der Waals surface area contributed by atoms with E-state index >= 15 is 0 Å². The number of esters is 1. The second-order valence-corrected chi connectivity index (χ2v) is 6.40. The second kappa shape index (κ2) is 7.63. The summed E-state index contributed by atoms with van der Waals surface area (Å²) in [4.78, 5) is 22.0. The van der Waals surface area contributed by atoms with Crippen LogP contribution in [0.2, 0.25) is 0 Å². The SMILES string of the molecule is Cc1cc(C(=O)OC(Cl)CCC(Cl)(Cl)C#N)ccc1[N+](=O)[O-]. The molecule has 6 nitrogen and oxygen atoms in total. The summed E-state index contributed by atoms with van der Waals surface area (Å²) < 4.78 is 3.37. The largest absolute Gasteiger partial charge is 0.442 e. The summed E-state index contributed by atoms with van der Waals surface area (Å²) in [5, 5.41) is 19.4. The molecule has 0 amide bonds. The van der Waals surface area contributed by atoms with Crippen molar-refractivity contribution in [2.75, 3.05) is 0 Å². The fourth-order valence-electron chi connectivity index (χ4n) is 1.58. The zero-order chi connectivity index (χ0) is 16.9. The van der Waals surface area contributed by atoms with E-state index in [2.05, 4.69) is 0 Å². The first-order valence-corrected chi connectivity index (χ1v) is 7.24. The molecule has 1 unspecified atom stereocenters. The van der Waals surface area contributed by atoms with Crippen LogP contribution in [-0.2, 0) is 4.74 Å². The van der Waals surface area contributed by atoms with Gasteiger partial charge in [0.2, 0.25) is 4.33 Å². The van der Waals surface area contributed by atoms with Gasteiger partial charge in [-0.1, -0.05) is 34.8 Å². The van der Waals surface area contributed by atoms with Crippen LogP contribution in [0.15, 0.2) is 18.2 Å². The summed E-state index contributed by atoms with van der Waals surface area (Å²) in [6, 6.07) is 5.51. The molecule has 0 spiro atoms. The van der Waals surface area contributed by atoms with Crippen LogP contribution in [0, 0.1) is 28.4 Å². The van der Waals surface area contributed by atoms with Gasteiger partial charge in [0.1, 0.15) is 6.07 Å². The van der Waals surface area contributed by atoms with E-state index in [1.165, 1.54) is 25.1 Å². The zero-order valence-corrected chi connectivity index (χ0v) is 13.7. The highest BCUT2D eigenvalue weighted by atomic mass is 35.5. The number of hydrogen-bond acceptors (Lipinski definition) is 5. The highest BCUT2D eigenvalue weighted by Gasteiger charge is 2.25. The minimum Gasteiger partial charge on any atom is -0.442 e. The number of ether oxygens (including phenoxy) is 1. The van der Waals surface area contributed by atoms with Gasteiger partial charge in [-0.25, -0.2) is 4.79 Å². The van der Waals surface area contributed by atoms with Crippen molar-refractivity contribution in [1.29, 1.82) is 5.26 Å². The molecule has 0 fully saturated rings. The van der Waals surface area contributed by atoms with Gasteiger partial charge >= 0.3 is 5.97 Å². The van der Waals surface area contributed by atoms with Gasteiger partial charge in [-0.15, -0.1) is 0 Å². The van der Waals surface area contributed by atoms with Crippen LogP contribution in [-0.4, -0.2) is 20.8 Å². The maximum Gasteiger partial charge on any atom is 0.339 e. The van der Waals surface area contributed by atoms with Crippen molar-refractivity contribution < 1.29 is 14.5 Å². The van der Waals surface area contributed by atoms with Gasteiger partial charge in [-0.3, -0.25) is 10.1 Å². The number of carbonyl (C=O) groups excluding carboxylic acids is 1. The molecule has 0 aliphatic rings. The van der Waals surface area contributed by atoms with E-state index in [0.29, 0.717) is 5.56 Å². The number of carbonyl (C=O) groups is 1. The average molecular weight is 366 g/mol. The van der Waals surface area contributed by atoms with Gasteiger partial charge in [-0.2, -0.15) is 5.26 Å². The van der Waals surface area contributed by atoms with Crippen LogP contribution < -0.4 is 0 Å². The first-order chi connectivity index (χ1) is 10.2. The normalized spacial score (nSPS) is 12.3. The third kappa shape index (κ3) is 5.34. The number of nitro groups is 1. The number of rotatable bonds is 6. The molecular weight excluding hydrogens is 355 g/mol. The monoisotopic (exact) mass is 364 g/mol. The van der Waals surface area contributed by atoms with E-state index in [0.717, 1.165) is 0 Å². The topological polar surface area (TPSA) is 93.2 Å². The summed E-state index contributed by atoms with van der Waals surface area (Å²) >= 11 is 17.1. The van der Waals surface area contributed by atoms with Crippen molar-refractivity contribution in [2.45, 2.75) is 29.7 Å². The van der Waals surface area contributed by atoms with Crippen molar-refractivity contribution in [2.24, 2.45) is 0 Å². The zero-order valence-electron chi connectivity index (χ0n) is 11.4. The van der Waals surface area contributed by atoms with Gasteiger partial charge in [0, 0.05) is 18.1 Å². The maximum atomic E-state index is 11.9. The molecule has 0 saturated carbocycles. The fourth-order valence-corrected chi connectivity index (χ4v) is 1.99. The molecule has 118 valence electrons. The van der Waals surface area contributed by atoms with Crippen molar-refractivity contribution in [3.63, 3.8) is 0 Å². The molecule has 1 atom stereocenters. The molecule has 0 aliphatic carbocycles. The number of alkyl halides is 3. The Hall–Kier alpha value is -1.55. The number of nitriles is 1. The third-order valence-corrected chi connectivity index (χ3v) is 3.57. The second-order valence-electron chi connectivity index (χ2n) is 4.43. The molecule has 0 radical (unpaired) electrons. The molecule has 0 bridgehead atoms. The number of nitrogens with zero attached hydrogens (tertiary/aromatic N) is 2. The molecule has 0 aliphatic heterocycles. The van der Waals surface area contributed by atoms with Gasteiger partial charge in [0.15, 0.2) is 5.56 Å². The van der Waals surface area contributed by atoms with E-state index in [1.807, 2.05) is 0 Å². The Morgan fingerprint density at radius 3 is 2.68 bits per heavy atom. The molecule has 0 aromatic heterocycles. The Balaban J connectivity index is 2.68. The van der Waals surface area contributed by atoms with E-state index in [9.17, 15) is 14.9 Å². The van der Waals surface area contributed by atoms with E-state index in [1.54, 1.807) is 6.07 Å². The van der Waals surface area contributed by atoms with Gasteiger partial charge in [-0.05, 0) is 25.5 Å². The van der Waals surface area contributed by atoms with Crippen LogP contribution >= 0.6 is 34.8 Å². The fraction of sp³-hybridized carbons (Fsp3) is 0.385. The van der Waals surface area contributed by atoms with Crippen molar-refractivity contribution in [3.8, 4) is 6.07 Å². The number of hydrogen-bond donors (Lipinski definition) is 0. The minimum atomic E-state index is -1.59. The average Bonchev–Trinajstić information content (AvgIpc) is 2.44. The third-order valence-electron chi connectivity index (χ3n) is 2.71. The number of nitro benzene ring substituents is 1. The highest BCUT2D eigenvalue weighted by molar-refractivity contribution is 6.50. The lowest BCUT2D eigenvalue weighted by Crippen LogP contribution is -2.17. The van der Waals surface area contributed by atoms with E-state index in [-0.39, 0.29) is 24.1 Å². The minimum absolute atomic E-state index is 0.0212. The number of benzene rings is 1. The Bertz CT molecular complexity index is 628. The molecular formula is C13H11Cl3N2O4. The molecule has 0 saturated heterocycles. The van der Waals surface area contributed by atoms with Crippen LogP contribution in [0.4, 0.5) is 5.69 Å². The summed E-state index contributed by atoms with van der Waals surface area (Å²) in [7, 11) is 0. The number of halogens is 3. The molecule has 1 aromatic rings. The molecule has 1 aromatic carbocycles. The van der Waals surface area contributed by atoms with Crippen LogP contribution in [0.5, 0.6) is 0 Å². The van der Waals surface area contributed by atoms with E-state index < -0.39 is 20.8 Å². The molecule has 9 heteroatoms. The standard InChI is InChI=1S/C13H11Cl3N2O4/c1-8-6-9(2-3-10(8)18(20)21)12(19)22-11(14)4-5-13(15,16)7-17/h2-3,6,11H,4-5H2,1H3. The van der Waals surface area contributed by atoms with E-state index in [4.69, 9.17) is 44.8 Å². The Morgan fingerprint density at radius 1 is 1.55 bits per heavy atom. The Kier molecular flexibility index (Phi) is 6.42. The lowest BCUT2D eigenvalue weighted by molar-refractivity contribution is -0.385. The molecule has 0 N–H and O–H groups in total. The van der Waals surface area contributed by atoms with Crippen molar-refractivity contribution in [1.82, 2.24) is 0 Å². The van der Waals surface area contributed by atoms with Gasteiger partial charge in [0.05, 0.1) is 10.5 Å². The molecule has 22 heavy (non-hydrogen) atoms. The first-order valence-electron chi connectivity index (χ1n) is 6.05. The summed E-state index contributed by atoms with van der Waals surface area (Å²) in [6.07, 6.45) is 0.104. The lowest BCUT2D eigenvalue weighted by Gasteiger charge is -2.14. The van der Waals surface area contributed by atoms with Crippen LogP contribution in [0.1, 0.15) is 28.8 Å². The van der Waals surface area contributed by atoms with Gasteiger partial charge in [0.25, 0.3) is 5.69 Å². The van der Waals surface area contributed by atoms with Gasteiger partial charge < -0.3 is 4.74 Å². The first kappa shape index (κ1) is 18.5. The predicted octanol–water partition coefficient (Wildman–Crippen LogP) is 4.10. The lowest BCUT2D eigenvalue weighted by atomic mass is 10.1. The Labute approximate surface area is 141 Å². The Morgan fingerprint density at radius 2 is 2.18 bits per heavy atom. The van der Waals surface area contributed by atoms with Crippen molar-refractivity contribution in [3.05, 3.63) is 39.4 Å². The van der Waals surface area contributed by atoms with Crippen LogP contribution in [0.25, 0.3) is 0 Å². The summed E-state index contributed by atoms with van der Waals surface area (Å²) in [5.74, 6) is -0.732. The predicted molar refractivity (Wildman–Crippen MR) is 82.2 cm³/mol. The summed E-state index contributed by atoms with van der Waals surface area (Å²) in [6.45, 7) is 1.51. The summed E-state index contributed by atoms with van der Waals surface area (Å²) in [5.41, 5.74) is -0.650. The molecule has 1 rings (SSSR count). The smallest absolute Gasteiger partial charge is 0.339 e. The number of aryl methyl sites for hydroxylation is 1. The molecule has 0 heterocycles. The van der Waals surface area contributed by atoms with Crippen LogP contribution in [0.3, 0.4) is 0 Å². The highest BCUT2D eigenvalue weighted by Crippen LogP contribution is 2.28. The maximum absolute atomic E-state index is 11.9.